The SMILES string of the molecule is Cc1ccc2oc(C(=O)c3ccc(C)c(N)c3)cc2c1. The molecule has 2 aromatic carbocycles. The molecule has 3 aromatic rings. The van der Waals surface area contributed by atoms with Crippen molar-refractivity contribution < 1.29 is 9.21 Å². The lowest BCUT2D eigenvalue weighted by Crippen LogP contribution is -2.01. The number of ketones is 1. The van der Waals surface area contributed by atoms with Gasteiger partial charge in [0.25, 0.3) is 0 Å². The van der Waals surface area contributed by atoms with Gasteiger partial charge < -0.3 is 10.2 Å². The van der Waals surface area contributed by atoms with E-state index in [1.54, 1.807) is 18.2 Å². The van der Waals surface area contributed by atoms with Gasteiger partial charge >= 0.3 is 0 Å². The number of fused-ring (bicyclic) bond motifs is 1. The van der Waals surface area contributed by atoms with E-state index in [-0.39, 0.29) is 5.78 Å². The van der Waals surface area contributed by atoms with E-state index >= 15 is 0 Å². The minimum Gasteiger partial charge on any atom is -0.453 e. The molecule has 1 heterocycles. The van der Waals surface area contributed by atoms with Gasteiger partial charge in [0.15, 0.2) is 5.76 Å². The third kappa shape index (κ3) is 2.07. The molecule has 0 atom stereocenters. The first-order valence-corrected chi connectivity index (χ1v) is 6.45. The fraction of sp³-hybridized carbons (Fsp3) is 0.118. The van der Waals surface area contributed by atoms with Crippen molar-refractivity contribution in [3.05, 3.63) is 64.9 Å². The van der Waals surface area contributed by atoms with Crippen molar-refractivity contribution in [2.24, 2.45) is 0 Å². The molecule has 1 aromatic heterocycles. The van der Waals surface area contributed by atoms with Crippen LogP contribution in [0, 0.1) is 13.8 Å². The molecule has 3 rings (SSSR count). The maximum Gasteiger partial charge on any atom is 0.228 e. The first-order chi connectivity index (χ1) is 9.54. The van der Waals surface area contributed by atoms with Crippen LogP contribution in [0.5, 0.6) is 0 Å². The minimum atomic E-state index is -0.148. The Morgan fingerprint density at radius 2 is 1.85 bits per heavy atom. The highest BCUT2D eigenvalue weighted by Gasteiger charge is 2.15. The quantitative estimate of drug-likeness (QED) is 0.565. The molecular weight excluding hydrogens is 250 g/mol. The molecule has 0 aliphatic rings. The predicted molar refractivity (Wildman–Crippen MR) is 80.0 cm³/mol. The van der Waals surface area contributed by atoms with Crippen LogP contribution in [0.2, 0.25) is 0 Å². The molecule has 0 bridgehead atoms. The number of furan rings is 1. The average molecular weight is 265 g/mol. The second-order valence-electron chi connectivity index (χ2n) is 5.05. The number of rotatable bonds is 2. The predicted octanol–water partition coefficient (Wildman–Crippen LogP) is 3.86. The summed E-state index contributed by atoms with van der Waals surface area (Å²) in [6, 6.07) is 12.9. The second-order valence-corrected chi connectivity index (χ2v) is 5.05. The van der Waals surface area contributed by atoms with Crippen molar-refractivity contribution >= 4 is 22.4 Å². The van der Waals surface area contributed by atoms with Crippen LogP contribution in [0.4, 0.5) is 5.69 Å². The van der Waals surface area contributed by atoms with Crippen LogP contribution in [-0.2, 0) is 0 Å². The third-order valence-electron chi connectivity index (χ3n) is 3.44. The van der Waals surface area contributed by atoms with Crippen LogP contribution in [-0.4, -0.2) is 5.78 Å². The lowest BCUT2D eigenvalue weighted by Gasteiger charge is -2.02. The van der Waals surface area contributed by atoms with Gasteiger partial charge in [-0.1, -0.05) is 23.8 Å². The first-order valence-electron chi connectivity index (χ1n) is 6.45. The molecule has 3 heteroatoms. The molecule has 0 saturated carbocycles. The van der Waals surface area contributed by atoms with E-state index in [0.29, 0.717) is 17.0 Å². The molecule has 0 aliphatic carbocycles. The lowest BCUT2D eigenvalue weighted by atomic mass is 10.1. The van der Waals surface area contributed by atoms with Gasteiger partial charge in [0.2, 0.25) is 5.78 Å². The molecular formula is C17H15NO2. The van der Waals surface area contributed by atoms with Crippen molar-refractivity contribution in [3.63, 3.8) is 0 Å². The maximum atomic E-state index is 12.4. The van der Waals surface area contributed by atoms with Crippen LogP contribution in [0.15, 0.2) is 46.9 Å². The van der Waals surface area contributed by atoms with E-state index in [2.05, 4.69) is 0 Å². The fourth-order valence-electron chi connectivity index (χ4n) is 2.20. The molecule has 2 N–H and O–H groups in total. The van der Waals surface area contributed by atoms with Gasteiger partial charge in [0.05, 0.1) is 0 Å². The van der Waals surface area contributed by atoms with E-state index in [9.17, 15) is 4.79 Å². The zero-order valence-electron chi connectivity index (χ0n) is 11.4. The zero-order valence-corrected chi connectivity index (χ0v) is 11.4. The van der Waals surface area contributed by atoms with Crippen molar-refractivity contribution in [1.29, 1.82) is 0 Å². The van der Waals surface area contributed by atoms with Crippen molar-refractivity contribution in [3.8, 4) is 0 Å². The number of hydrogen-bond acceptors (Lipinski definition) is 3. The number of aryl methyl sites for hydroxylation is 2. The summed E-state index contributed by atoms with van der Waals surface area (Å²) in [6.07, 6.45) is 0. The second kappa shape index (κ2) is 4.53. The largest absolute Gasteiger partial charge is 0.453 e. The van der Waals surface area contributed by atoms with E-state index < -0.39 is 0 Å². The summed E-state index contributed by atoms with van der Waals surface area (Å²) in [6.45, 7) is 3.92. The Balaban J connectivity index is 2.05. The number of carbonyl (C=O) groups is 1. The van der Waals surface area contributed by atoms with Gasteiger partial charge in [-0.25, -0.2) is 0 Å². The maximum absolute atomic E-state index is 12.4. The smallest absolute Gasteiger partial charge is 0.228 e. The fourth-order valence-corrected chi connectivity index (χ4v) is 2.20. The monoisotopic (exact) mass is 265 g/mol. The number of nitrogen functional groups attached to an aromatic ring is 1. The van der Waals surface area contributed by atoms with Crippen molar-refractivity contribution in [2.45, 2.75) is 13.8 Å². The molecule has 0 spiro atoms. The van der Waals surface area contributed by atoms with Gasteiger partial charge in [-0.15, -0.1) is 0 Å². The van der Waals surface area contributed by atoms with Crippen LogP contribution >= 0.6 is 0 Å². The van der Waals surface area contributed by atoms with Crippen LogP contribution in [0.1, 0.15) is 27.2 Å². The summed E-state index contributed by atoms with van der Waals surface area (Å²) in [5.74, 6) is 0.194. The van der Waals surface area contributed by atoms with Crippen LogP contribution in [0.3, 0.4) is 0 Å². The molecule has 0 radical (unpaired) electrons. The zero-order chi connectivity index (χ0) is 14.3. The molecule has 20 heavy (non-hydrogen) atoms. The Bertz CT molecular complexity index is 815. The third-order valence-corrected chi connectivity index (χ3v) is 3.44. The minimum absolute atomic E-state index is 0.148. The van der Waals surface area contributed by atoms with E-state index in [4.69, 9.17) is 10.2 Å². The standard InChI is InChI=1S/C17H15NO2/c1-10-3-6-15-13(7-10)9-16(20-15)17(19)12-5-4-11(2)14(18)8-12/h3-9H,18H2,1-2H3. The highest BCUT2D eigenvalue weighted by Crippen LogP contribution is 2.23. The molecule has 0 saturated heterocycles. The van der Waals surface area contributed by atoms with Gasteiger partial charge in [0.1, 0.15) is 5.58 Å². The van der Waals surface area contributed by atoms with E-state index in [1.165, 1.54) is 0 Å². The molecule has 0 unspecified atom stereocenters. The summed E-state index contributed by atoms with van der Waals surface area (Å²) >= 11 is 0. The normalized spacial score (nSPS) is 10.9. The Kier molecular flexibility index (Phi) is 2.83. The Morgan fingerprint density at radius 1 is 1.05 bits per heavy atom. The van der Waals surface area contributed by atoms with Crippen molar-refractivity contribution in [1.82, 2.24) is 0 Å². The van der Waals surface area contributed by atoms with Gasteiger partial charge in [-0.2, -0.15) is 0 Å². The topological polar surface area (TPSA) is 56.2 Å². The summed E-state index contributed by atoms with van der Waals surface area (Å²) in [4.78, 5) is 12.4. The van der Waals surface area contributed by atoms with Gasteiger partial charge in [-0.05, 0) is 43.7 Å². The van der Waals surface area contributed by atoms with E-state index in [0.717, 1.165) is 22.1 Å². The lowest BCUT2D eigenvalue weighted by molar-refractivity contribution is 0.101. The van der Waals surface area contributed by atoms with Crippen LogP contribution in [0.25, 0.3) is 11.0 Å². The number of hydrogen-bond donors (Lipinski definition) is 1. The molecule has 0 amide bonds. The summed E-state index contributed by atoms with van der Waals surface area (Å²) in [5.41, 5.74) is 9.82. The molecule has 0 fully saturated rings. The first kappa shape index (κ1) is 12.5. The molecule has 100 valence electrons. The number of nitrogens with two attached hydrogens (primary N) is 1. The average Bonchev–Trinajstić information content (AvgIpc) is 2.84. The van der Waals surface area contributed by atoms with E-state index in [1.807, 2.05) is 38.1 Å². The number of anilines is 1. The molecule has 3 nitrogen and oxygen atoms in total. The highest BCUT2D eigenvalue weighted by molar-refractivity contribution is 6.09. The van der Waals surface area contributed by atoms with Gasteiger partial charge in [-0.3, -0.25) is 4.79 Å². The van der Waals surface area contributed by atoms with Crippen LogP contribution < -0.4 is 5.73 Å². The number of carbonyl (C=O) groups excluding carboxylic acids is 1. The Labute approximate surface area is 117 Å². The Morgan fingerprint density at radius 3 is 2.60 bits per heavy atom. The summed E-state index contributed by atoms with van der Waals surface area (Å²) in [5, 5.41) is 0.938. The van der Waals surface area contributed by atoms with Crippen molar-refractivity contribution in [2.75, 3.05) is 5.73 Å². The summed E-state index contributed by atoms with van der Waals surface area (Å²) < 4.78 is 5.62. The number of benzene rings is 2. The van der Waals surface area contributed by atoms with Gasteiger partial charge in [0, 0.05) is 16.6 Å². The Hall–Kier alpha value is -2.55. The molecule has 0 aliphatic heterocycles. The summed E-state index contributed by atoms with van der Waals surface area (Å²) in [7, 11) is 0. The highest BCUT2D eigenvalue weighted by atomic mass is 16.3.